The van der Waals surface area contributed by atoms with Gasteiger partial charge in [0.1, 0.15) is 0 Å². The van der Waals surface area contributed by atoms with Crippen LogP contribution in [0.4, 0.5) is 0 Å². The van der Waals surface area contributed by atoms with Crippen LogP contribution in [0.15, 0.2) is 30.3 Å². The van der Waals surface area contributed by atoms with Crippen molar-refractivity contribution in [2.75, 3.05) is 6.54 Å². The molecule has 0 aliphatic rings. The largest absolute Gasteiger partial charge is 0.453 e. The number of rotatable bonds is 22. The third kappa shape index (κ3) is 15.2. The number of benzene rings is 1. The van der Waals surface area contributed by atoms with Gasteiger partial charge in [0.05, 0.1) is 6.04 Å². The van der Waals surface area contributed by atoms with Crippen molar-refractivity contribution in [3.05, 3.63) is 35.9 Å². The predicted octanol–water partition coefficient (Wildman–Crippen LogP) is 6.26. The lowest BCUT2D eigenvalue weighted by Crippen LogP contribution is -2.45. The first-order valence-electron chi connectivity index (χ1n) is 13.8. The minimum atomic E-state index is -0.956. The Balaban J connectivity index is 2.02. The third-order valence-corrected chi connectivity index (χ3v) is 6.45. The molecule has 0 saturated carbocycles. The van der Waals surface area contributed by atoms with E-state index in [-0.39, 0.29) is 18.3 Å². The van der Waals surface area contributed by atoms with E-state index in [4.69, 9.17) is 16.2 Å². The highest BCUT2D eigenvalue weighted by Crippen LogP contribution is 2.14. The molecule has 4 N–H and O–H groups in total. The fraction of sp³-hybridized carbons (Fsp3) is 0.724. The van der Waals surface area contributed by atoms with Crippen LogP contribution in [0.3, 0.4) is 0 Å². The number of ether oxygens (including phenoxy) is 1. The first-order chi connectivity index (χ1) is 16.6. The highest BCUT2D eigenvalue weighted by atomic mass is 16.5. The highest BCUT2D eigenvalue weighted by Gasteiger charge is 2.26. The van der Waals surface area contributed by atoms with E-state index >= 15 is 0 Å². The van der Waals surface area contributed by atoms with Crippen LogP contribution in [0.25, 0.3) is 0 Å². The molecule has 2 atom stereocenters. The number of nitrogens with two attached hydrogens (primary N) is 2. The van der Waals surface area contributed by atoms with Crippen LogP contribution in [0, 0.1) is 0 Å². The van der Waals surface area contributed by atoms with Gasteiger partial charge in [-0.1, -0.05) is 127 Å². The van der Waals surface area contributed by atoms with Gasteiger partial charge < -0.3 is 16.2 Å². The molecule has 1 aromatic rings. The molecule has 34 heavy (non-hydrogen) atoms. The minimum Gasteiger partial charge on any atom is -0.453 e. The lowest BCUT2D eigenvalue weighted by molar-refractivity contribution is -0.155. The molecule has 0 heterocycles. The number of hydrogen-bond acceptors (Lipinski definition) is 5. The number of Topliss-reactive ketones (excluding diaryl/α,β-unsaturated/α-hetero) is 1. The monoisotopic (exact) mass is 474 g/mol. The van der Waals surface area contributed by atoms with Crippen LogP contribution >= 0.6 is 0 Å². The second-order valence-electron chi connectivity index (χ2n) is 9.61. The summed E-state index contributed by atoms with van der Waals surface area (Å²) in [6.07, 6.45) is 19.0. The summed E-state index contributed by atoms with van der Waals surface area (Å²) in [6, 6.07) is 8.85. The van der Waals surface area contributed by atoms with Crippen LogP contribution in [0.5, 0.6) is 0 Å². The molecule has 1 unspecified atom stereocenters. The van der Waals surface area contributed by atoms with Gasteiger partial charge in [-0.25, -0.2) is 0 Å². The molecule has 0 spiro atoms. The fourth-order valence-electron chi connectivity index (χ4n) is 4.29. The zero-order chi connectivity index (χ0) is 24.9. The van der Waals surface area contributed by atoms with E-state index in [9.17, 15) is 9.59 Å². The highest BCUT2D eigenvalue weighted by molar-refractivity contribution is 5.90. The van der Waals surface area contributed by atoms with Gasteiger partial charge in [0, 0.05) is 13.0 Å². The Hall–Kier alpha value is -1.72. The summed E-state index contributed by atoms with van der Waals surface area (Å²) < 4.78 is 5.35. The SMILES string of the molecule is CCCCCCCCCCCCCCCCCC(=O)OC(CN)C(=O)[C@@H](N)Cc1ccccc1. The van der Waals surface area contributed by atoms with Gasteiger partial charge in [-0.3, -0.25) is 9.59 Å². The number of unbranched alkanes of at least 4 members (excludes halogenated alkanes) is 14. The van der Waals surface area contributed by atoms with Gasteiger partial charge in [0.25, 0.3) is 0 Å². The second-order valence-corrected chi connectivity index (χ2v) is 9.61. The average Bonchev–Trinajstić information content (AvgIpc) is 2.85. The van der Waals surface area contributed by atoms with Crippen molar-refractivity contribution in [2.24, 2.45) is 11.5 Å². The van der Waals surface area contributed by atoms with Gasteiger partial charge in [-0.15, -0.1) is 0 Å². The standard InChI is InChI=1S/C29H50N2O3/c1-2-3-4-5-6-7-8-9-10-11-12-13-14-15-19-22-28(32)34-27(24-30)29(33)26(31)23-25-20-17-16-18-21-25/h16-18,20-21,26-27H,2-15,19,22-24,30-31H2,1H3/t26-,27?/m0/s1. The smallest absolute Gasteiger partial charge is 0.306 e. The first-order valence-corrected chi connectivity index (χ1v) is 13.8. The Bertz CT molecular complexity index is 636. The molecule has 0 aliphatic carbocycles. The number of hydrogen-bond donors (Lipinski definition) is 2. The Morgan fingerprint density at radius 1 is 0.765 bits per heavy atom. The van der Waals surface area contributed by atoms with E-state index in [1.165, 1.54) is 77.0 Å². The van der Waals surface area contributed by atoms with Crippen molar-refractivity contribution in [3.63, 3.8) is 0 Å². The Morgan fingerprint density at radius 3 is 1.71 bits per heavy atom. The second kappa shape index (κ2) is 20.6. The van der Waals surface area contributed by atoms with Crippen LogP contribution in [0.1, 0.15) is 115 Å². The Morgan fingerprint density at radius 2 is 1.24 bits per heavy atom. The molecule has 1 aromatic carbocycles. The molecule has 0 saturated heterocycles. The molecule has 5 nitrogen and oxygen atoms in total. The maximum absolute atomic E-state index is 12.5. The molecule has 5 heteroatoms. The molecule has 0 amide bonds. The summed E-state index contributed by atoms with van der Waals surface area (Å²) in [6.45, 7) is 2.23. The lowest BCUT2D eigenvalue weighted by Gasteiger charge is -2.19. The van der Waals surface area contributed by atoms with Gasteiger partial charge in [-0.2, -0.15) is 0 Å². The van der Waals surface area contributed by atoms with Gasteiger partial charge in [-0.05, 0) is 18.4 Å². The van der Waals surface area contributed by atoms with Crippen molar-refractivity contribution in [3.8, 4) is 0 Å². The van der Waals surface area contributed by atoms with Crippen LogP contribution in [-0.4, -0.2) is 30.4 Å². The molecule has 0 bridgehead atoms. The molecule has 0 aliphatic heterocycles. The van der Waals surface area contributed by atoms with Crippen molar-refractivity contribution in [1.29, 1.82) is 0 Å². The molecule has 0 radical (unpaired) electrons. The van der Waals surface area contributed by atoms with Crippen LogP contribution in [-0.2, 0) is 20.7 Å². The summed E-state index contributed by atoms with van der Waals surface area (Å²) in [5, 5.41) is 0. The minimum absolute atomic E-state index is 0.0358. The van der Waals surface area contributed by atoms with Crippen molar-refractivity contribution in [1.82, 2.24) is 0 Å². The summed E-state index contributed by atoms with van der Waals surface area (Å²) >= 11 is 0. The zero-order valence-electron chi connectivity index (χ0n) is 21.6. The normalized spacial score (nSPS) is 12.9. The Labute approximate surface area is 208 Å². The number of carbonyl (C=O) groups excluding carboxylic acids is 2. The predicted molar refractivity (Wildman–Crippen MR) is 142 cm³/mol. The Kier molecular flexibility index (Phi) is 18.4. The number of carbonyl (C=O) groups is 2. The van der Waals surface area contributed by atoms with Crippen molar-refractivity contribution >= 4 is 11.8 Å². The molecule has 0 fully saturated rings. The maximum Gasteiger partial charge on any atom is 0.306 e. The van der Waals surface area contributed by atoms with Crippen molar-refractivity contribution in [2.45, 2.75) is 128 Å². The van der Waals surface area contributed by atoms with Gasteiger partial charge in [0.2, 0.25) is 0 Å². The summed E-state index contributed by atoms with van der Waals surface area (Å²) in [5.41, 5.74) is 12.7. The average molecular weight is 475 g/mol. The van der Waals surface area contributed by atoms with Crippen molar-refractivity contribution < 1.29 is 14.3 Å². The molecule has 194 valence electrons. The summed E-state index contributed by atoms with van der Waals surface area (Å²) in [4.78, 5) is 24.7. The summed E-state index contributed by atoms with van der Waals surface area (Å²) in [7, 11) is 0. The number of ketones is 1. The zero-order valence-corrected chi connectivity index (χ0v) is 21.6. The van der Waals surface area contributed by atoms with Crippen LogP contribution < -0.4 is 11.5 Å². The van der Waals surface area contributed by atoms with E-state index < -0.39 is 12.1 Å². The molecular formula is C29H50N2O3. The lowest BCUT2D eigenvalue weighted by atomic mass is 10.00. The van der Waals surface area contributed by atoms with Gasteiger partial charge >= 0.3 is 5.97 Å². The number of esters is 1. The summed E-state index contributed by atoms with van der Waals surface area (Å²) in [5.74, 6) is -0.665. The van der Waals surface area contributed by atoms with E-state index in [1.807, 2.05) is 30.3 Å². The molecular weight excluding hydrogens is 424 g/mol. The van der Waals surface area contributed by atoms with Gasteiger partial charge in [0.15, 0.2) is 11.9 Å². The third-order valence-electron chi connectivity index (χ3n) is 6.45. The molecule has 1 rings (SSSR count). The first kappa shape index (κ1) is 30.3. The fourth-order valence-corrected chi connectivity index (χ4v) is 4.29. The molecule has 0 aromatic heterocycles. The van der Waals surface area contributed by atoms with E-state index in [1.54, 1.807) is 0 Å². The topological polar surface area (TPSA) is 95.4 Å². The van der Waals surface area contributed by atoms with E-state index in [2.05, 4.69) is 6.92 Å². The van der Waals surface area contributed by atoms with Crippen LogP contribution in [0.2, 0.25) is 0 Å². The maximum atomic E-state index is 12.5. The quantitative estimate of drug-likeness (QED) is 0.153. The van der Waals surface area contributed by atoms with E-state index in [0.717, 1.165) is 24.8 Å². The van der Waals surface area contributed by atoms with E-state index in [0.29, 0.717) is 12.8 Å².